The maximum atomic E-state index is 11.6. The second-order valence-corrected chi connectivity index (χ2v) is 6.57. The molecule has 1 fully saturated rings. The Morgan fingerprint density at radius 1 is 1.52 bits per heavy atom. The van der Waals surface area contributed by atoms with E-state index in [1.807, 2.05) is 25.1 Å². The van der Waals surface area contributed by atoms with Crippen LogP contribution in [0.5, 0.6) is 0 Å². The van der Waals surface area contributed by atoms with Gasteiger partial charge in [0.25, 0.3) is 0 Å². The van der Waals surface area contributed by atoms with Crippen molar-refractivity contribution in [2.24, 2.45) is 0 Å². The average Bonchev–Trinajstić information content (AvgIpc) is 2.85. The molecule has 0 bridgehead atoms. The van der Waals surface area contributed by atoms with Gasteiger partial charge in [0.05, 0.1) is 17.1 Å². The minimum Gasteiger partial charge on any atom is -0.465 e. The summed E-state index contributed by atoms with van der Waals surface area (Å²) in [7, 11) is 0. The fourth-order valence-corrected chi connectivity index (χ4v) is 3.32. The molecule has 2 N–H and O–H groups in total. The van der Waals surface area contributed by atoms with Crippen LogP contribution in [-0.4, -0.2) is 37.9 Å². The van der Waals surface area contributed by atoms with Gasteiger partial charge in [-0.1, -0.05) is 15.9 Å². The first-order valence-electron chi connectivity index (χ1n) is 6.65. The molecule has 0 saturated carbocycles. The molecule has 1 saturated heterocycles. The second-order valence-electron chi connectivity index (χ2n) is 5.65. The van der Waals surface area contributed by atoms with E-state index in [1.54, 1.807) is 13.8 Å². The Hall–Kier alpha value is -1.60. The van der Waals surface area contributed by atoms with Crippen molar-refractivity contribution in [2.45, 2.75) is 38.6 Å². The number of carbonyl (C=O) groups is 1. The summed E-state index contributed by atoms with van der Waals surface area (Å²) in [6.45, 7) is 5.35. The van der Waals surface area contributed by atoms with Crippen LogP contribution in [0.15, 0.2) is 22.7 Å². The molecular formula is C14H16BrN3O3. The Kier molecular flexibility index (Phi) is 3.22. The predicted molar refractivity (Wildman–Crippen MR) is 81.0 cm³/mol. The second kappa shape index (κ2) is 4.71. The van der Waals surface area contributed by atoms with Crippen LogP contribution >= 0.6 is 15.9 Å². The van der Waals surface area contributed by atoms with Crippen LogP contribution in [0.1, 0.15) is 32.6 Å². The predicted octanol–water partition coefficient (Wildman–Crippen LogP) is 3.50. The molecule has 2 aromatic rings. The summed E-state index contributed by atoms with van der Waals surface area (Å²) in [4.78, 5) is 20.7. The number of amides is 1. The molecule has 0 spiro atoms. The van der Waals surface area contributed by atoms with Crippen LogP contribution < -0.4 is 0 Å². The number of halogens is 1. The highest BCUT2D eigenvalue weighted by Crippen LogP contribution is 2.40. The zero-order valence-corrected chi connectivity index (χ0v) is 13.5. The molecule has 0 unspecified atom stereocenters. The van der Waals surface area contributed by atoms with Gasteiger partial charge in [-0.15, -0.1) is 0 Å². The van der Waals surface area contributed by atoms with Crippen LogP contribution in [0.3, 0.4) is 0 Å². The van der Waals surface area contributed by atoms with Gasteiger partial charge in [0.2, 0.25) is 0 Å². The molecule has 1 aliphatic heterocycles. The van der Waals surface area contributed by atoms with E-state index in [4.69, 9.17) is 4.74 Å². The van der Waals surface area contributed by atoms with Crippen molar-refractivity contribution in [2.75, 3.05) is 0 Å². The van der Waals surface area contributed by atoms with Crippen LogP contribution in [0.2, 0.25) is 0 Å². The van der Waals surface area contributed by atoms with Gasteiger partial charge in [0.1, 0.15) is 17.6 Å². The van der Waals surface area contributed by atoms with Gasteiger partial charge in [-0.2, -0.15) is 0 Å². The number of imidazole rings is 1. The average molecular weight is 354 g/mol. The lowest BCUT2D eigenvalue weighted by Crippen LogP contribution is -2.44. The number of ether oxygens (including phenoxy) is 1. The first-order chi connectivity index (χ1) is 9.79. The highest BCUT2D eigenvalue weighted by molar-refractivity contribution is 9.10. The molecule has 2 heterocycles. The lowest BCUT2D eigenvalue weighted by Gasteiger charge is -2.30. The minimum absolute atomic E-state index is 0.278. The number of fused-ring (bicyclic) bond motifs is 1. The molecular weight excluding hydrogens is 338 g/mol. The van der Waals surface area contributed by atoms with Crippen molar-refractivity contribution >= 4 is 33.1 Å². The first kappa shape index (κ1) is 14.3. The van der Waals surface area contributed by atoms with Crippen LogP contribution in [-0.2, 0) is 4.74 Å². The smallest absolute Gasteiger partial charge is 0.410 e. The van der Waals surface area contributed by atoms with Crippen LogP contribution in [0, 0.1) is 0 Å². The van der Waals surface area contributed by atoms with E-state index in [0.29, 0.717) is 5.82 Å². The Balaban J connectivity index is 2.09. The lowest BCUT2D eigenvalue weighted by molar-refractivity contribution is -0.0620. The molecule has 1 aliphatic rings. The number of aromatic amines is 1. The lowest BCUT2D eigenvalue weighted by atomic mass is 10.1. The number of benzene rings is 1. The highest BCUT2D eigenvalue weighted by atomic mass is 79.9. The Morgan fingerprint density at radius 2 is 2.24 bits per heavy atom. The molecule has 3 rings (SSSR count). The van der Waals surface area contributed by atoms with Gasteiger partial charge in [-0.25, -0.2) is 9.78 Å². The molecule has 1 aromatic heterocycles. The number of rotatable bonds is 1. The first-order valence-corrected chi connectivity index (χ1v) is 7.44. The summed E-state index contributed by atoms with van der Waals surface area (Å²) >= 11 is 3.41. The van der Waals surface area contributed by atoms with Crippen molar-refractivity contribution in [1.29, 1.82) is 0 Å². The Bertz CT molecular complexity index is 713. The van der Waals surface area contributed by atoms with E-state index in [0.717, 1.165) is 15.5 Å². The van der Waals surface area contributed by atoms with Gasteiger partial charge in [0.15, 0.2) is 0 Å². The fourth-order valence-electron chi connectivity index (χ4n) is 2.96. The van der Waals surface area contributed by atoms with Crippen molar-refractivity contribution in [1.82, 2.24) is 14.9 Å². The van der Waals surface area contributed by atoms with E-state index < -0.39 is 17.9 Å². The molecule has 7 heteroatoms. The number of hydrogen-bond donors (Lipinski definition) is 2. The highest BCUT2D eigenvalue weighted by Gasteiger charge is 2.50. The normalized spacial score (nSPS) is 24.7. The summed E-state index contributed by atoms with van der Waals surface area (Å²) in [5.74, 6) is 0.601. The zero-order chi connectivity index (χ0) is 15.4. The molecule has 21 heavy (non-hydrogen) atoms. The van der Waals surface area contributed by atoms with E-state index >= 15 is 0 Å². The summed E-state index contributed by atoms with van der Waals surface area (Å²) in [5.41, 5.74) is 0.784. The van der Waals surface area contributed by atoms with Gasteiger partial charge >= 0.3 is 6.09 Å². The summed E-state index contributed by atoms with van der Waals surface area (Å²) < 4.78 is 6.73. The van der Waals surface area contributed by atoms with Gasteiger partial charge in [-0.3, -0.25) is 4.90 Å². The maximum Gasteiger partial charge on any atom is 0.410 e. The summed E-state index contributed by atoms with van der Waals surface area (Å²) in [5, 5.41) is 9.51. The molecule has 0 radical (unpaired) electrons. The van der Waals surface area contributed by atoms with Crippen molar-refractivity contribution < 1.29 is 14.6 Å². The van der Waals surface area contributed by atoms with Gasteiger partial charge < -0.3 is 14.8 Å². The van der Waals surface area contributed by atoms with Crippen molar-refractivity contribution in [3.63, 3.8) is 0 Å². The molecule has 112 valence electrons. The number of nitrogens with one attached hydrogen (secondary N) is 1. The van der Waals surface area contributed by atoms with E-state index in [9.17, 15) is 9.90 Å². The van der Waals surface area contributed by atoms with Crippen molar-refractivity contribution in [3.8, 4) is 0 Å². The van der Waals surface area contributed by atoms with E-state index in [-0.39, 0.29) is 6.10 Å². The maximum absolute atomic E-state index is 11.6. The summed E-state index contributed by atoms with van der Waals surface area (Å²) in [6.07, 6.45) is -1.30. The standard InChI is InChI=1S/C14H16BrN3O3/c1-7-11(18(13(19)20)14(2,3)21-7)12-16-9-5-4-8(15)6-10(9)17-12/h4-7,11H,1-3H3,(H,16,17)(H,19,20)/t7-,11+/m1/s1. The third-order valence-corrected chi connectivity index (χ3v) is 4.22. The van der Waals surface area contributed by atoms with Gasteiger partial charge in [0, 0.05) is 4.47 Å². The monoisotopic (exact) mass is 353 g/mol. The third kappa shape index (κ3) is 2.30. The van der Waals surface area contributed by atoms with Gasteiger partial charge in [-0.05, 0) is 39.0 Å². The number of nitrogens with zero attached hydrogens (tertiary/aromatic N) is 2. The van der Waals surface area contributed by atoms with E-state index in [2.05, 4.69) is 25.9 Å². The number of H-pyrrole nitrogens is 1. The molecule has 6 nitrogen and oxygen atoms in total. The quantitative estimate of drug-likeness (QED) is 0.822. The third-order valence-electron chi connectivity index (χ3n) is 3.73. The molecule has 2 atom stereocenters. The van der Waals surface area contributed by atoms with Crippen LogP contribution in [0.4, 0.5) is 4.79 Å². The van der Waals surface area contributed by atoms with E-state index in [1.165, 1.54) is 4.90 Å². The Labute approximate surface area is 130 Å². The largest absolute Gasteiger partial charge is 0.465 e. The molecule has 0 aliphatic carbocycles. The molecule has 1 amide bonds. The molecule has 1 aromatic carbocycles. The SMILES string of the molecule is C[C@H]1OC(C)(C)N(C(=O)O)[C@@H]1c1nc2ccc(Br)cc2[nH]1. The fraction of sp³-hybridized carbons (Fsp3) is 0.429. The number of hydrogen-bond acceptors (Lipinski definition) is 3. The number of carboxylic acid groups (broad SMARTS) is 1. The topological polar surface area (TPSA) is 78.4 Å². The van der Waals surface area contributed by atoms with Crippen molar-refractivity contribution in [3.05, 3.63) is 28.5 Å². The summed E-state index contributed by atoms with van der Waals surface area (Å²) in [6, 6.07) is 5.25. The minimum atomic E-state index is -1.02. The number of aromatic nitrogens is 2. The van der Waals surface area contributed by atoms with Crippen LogP contribution in [0.25, 0.3) is 11.0 Å². The Morgan fingerprint density at radius 3 is 2.90 bits per heavy atom. The zero-order valence-electron chi connectivity index (χ0n) is 11.9.